The highest BCUT2D eigenvalue weighted by Gasteiger charge is 2.10. The van der Waals surface area contributed by atoms with Gasteiger partial charge in [0.1, 0.15) is 0 Å². The van der Waals surface area contributed by atoms with Crippen LogP contribution < -0.4 is 10.6 Å². The normalized spacial score (nSPS) is 12.1. The minimum Gasteiger partial charge on any atom is -0.393 e. The molecule has 0 aliphatic heterocycles. The molecule has 1 aromatic heterocycles. The highest BCUT2D eigenvalue weighted by molar-refractivity contribution is 7.80. The maximum absolute atomic E-state index is 5.50. The second-order valence-electron chi connectivity index (χ2n) is 3.34. The molecule has 1 aromatic rings. The first-order chi connectivity index (χ1) is 6.61. The van der Waals surface area contributed by atoms with Gasteiger partial charge in [-0.05, 0) is 19.1 Å². The van der Waals surface area contributed by atoms with Crippen LogP contribution in [0.5, 0.6) is 0 Å². The lowest BCUT2D eigenvalue weighted by Gasteiger charge is -2.26. The Kier molecular flexibility index (Phi) is 3.83. The van der Waals surface area contributed by atoms with Crippen molar-refractivity contribution in [3.63, 3.8) is 0 Å². The van der Waals surface area contributed by atoms with Gasteiger partial charge in [0.15, 0.2) is 0 Å². The quantitative estimate of drug-likeness (QED) is 0.765. The molecule has 1 unspecified atom stereocenters. The SMILES string of the molecule is CC(CC(N)=S)N(C)c1ccncc1. The van der Waals surface area contributed by atoms with Crippen LogP contribution in [-0.4, -0.2) is 23.1 Å². The molecule has 0 aromatic carbocycles. The first-order valence-electron chi connectivity index (χ1n) is 4.52. The fourth-order valence-electron chi connectivity index (χ4n) is 1.26. The van der Waals surface area contributed by atoms with Gasteiger partial charge in [0.05, 0.1) is 4.99 Å². The Balaban J connectivity index is 2.65. The van der Waals surface area contributed by atoms with Crippen LogP contribution in [-0.2, 0) is 0 Å². The largest absolute Gasteiger partial charge is 0.393 e. The van der Waals surface area contributed by atoms with Crippen LogP contribution in [0.1, 0.15) is 13.3 Å². The number of aromatic nitrogens is 1. The summed E-state index contributed by atoms with van der Waals surface area (Å²) >= 11 is 4.88. The van der Waals surface area contributed by atoms with Crippen molar-refractivity contribution in [2.45, 2.75) is 19.4 Å². The van der Waals surface area contributed by atoms with Gasteiger partial charge in [-0.2, -0.15) is 0 Å². The third-order valence-electron chi connectivity index (χ3n) is 2.23. The molecule has 0 aliphatic carbocycles. The number of rotatable bonds is 4. The number of nitrogens with zero attached hydrogens (tertiary/aromatic N) is 2. The first kappa shape index (κ1) is 10.9. The third kappa shape index (κ3) is 2.96. The van der Waals surface area contributed by atoms with Crippen LogP contribution >= 0.6 is 12.2 Å². The summed E-state index contributed by atoms with van der Waals surface area (Å²) in [5.74, 6) is 0. The fraction of sp³-hybridized carbons (Fsp3) is 0.400. The Morgan fingerprint density at radius 3 is 2.64 bits per heavy atom. The molecule has 0 aliphatic rings. The highest BCUT2D eigenvalue weighted by atomic mass is 32.1. The lowest BCUT2D eigenvalue weighted by molar-refractivity contribution is 0.714. The van der Waals surface area contributed by atoms with Crippen molar-refractivity contribution in [3.05, 3.63) is 24.5 Å². The average Bonchev–Trinajstić information content (AvgIpc) is 2.17. The molecule has 0 amide bonds. The lowest BCUT2D eigenvalue weighted by atomic mass is 10.2. The Morgan fingerprint density at radius 1 is 1.57 bits per heavy atom. The second kappa shape index (κ2) is 4.91. The molecule has 76 valence electrons. The van der Waals surface area contributed by atoms with Crippen LogP contribution in [0, 0.1) is 0 Å². The van der Waals surface area contributed by atoms with Gasteiger partial charge in [-0.1, -0.05) is 12.2 Å². The maximum atomic E-state index is 5.50. The van der Waals surface area contributed by atoms with E-state index < -0.39 is 0 Å². The zero-order valence-electron chi connectivity index (χ0n) is 8.47. The fourth-order valence-corrected chi connectivity index (χ4v) is 1.50. The van der Waals surface area contributed by atoms with Crippen molar-refractivity contribution in [2.75, 3.05) is 11.9 Å². The van der Waals surface area contributed by atoms with Gasteiger partial charge in [0.2, 0.25) is 0 Å². The van der Waals surface area contributed by atoms with Crippen LogP contribution in [0.4, 0.5) is 5.69 Å². The van der Waals surface area contributed by atoms with Gasteiger partial charge in [0, 0.05) is 37.6 Å². The molecule has 0 saturated heterocycles. The van der Waals surface area contributed by atoms with Crippen LogP contribution in [0.15, 0.2) is 24.5 Å². The molecule has 1 rings (SSSR count). The molecule has 0 radical (unpaired) electrons. The molecule has 14 heavy (non-hydrogen) atoms. The summed E-state index contributed by atoms with van der Waals surface area (Å²) in [4.78, 5) is 6.66. The van der Waals surface area contributed by atoms with Crippen molar-refractivity contribution in [2.24, 2.45) is 5.73 Å². The summed E-state index contributed by atoms with van der Waals surface area (Å²) in [5.41, 5.74) is 6.63. The van der Waals surface area contributed by atoms with E-state index in [1.54, 1.807) is 12.4 Å². The monoisotopic (exact) mass is 209 g/mol. The number of nitrogens with two attached hydrogens (primary N) is 1. The van der Waals surface area contributed by atoms with E-state index in [1.807, 2.05) is 19.2 Å². The van der Waals surface area contributed by atoms with Gasteiger partial charge >= 0.3 is 0 Å². The molecular formula is C10H15N3S. The number of hydrogen-bond acceptors (Lipinski definition) is 3. The molecule has 1 atom stereocenters. The van der Waals surface area contributed by atoms with Crippen LogP contribution in [0.25, 0.3) is 0 Å². The van der Waals surface area contributed by atoms with E-state index in [-0.39, 0.29) is 0 Å². The van der Waals surface area contributed by atoms with Gasteiger partial charge < -0.3 is 10.6 Å². The standard InChI is InChI=1S/C10H15N3S/c1-8(7-10(11)14)13(2)9-3-5-12-6-4-9/h3-6,8H,7H2,1-2H3,(H2,11,14). The number of hydrogen-bond donors (Lipinski definition) is 1. The van der Waals surface area contributed by atoms with Gasteiger partial charge in [-0.3, -0.25) is 4.98 Å². The molecule has 4 heteroatoms. The van der Waals surface area contributed by atoms with E-state index in [0.717, 1.165) is 12.1 Å². The van der Waals surface area contributed by atoms with Crippen molar-refractivity contribution in [1.82, 2.24) is 4.98 Å². The average molecular weight is 209 g/mol. The third-order valence-corrected chi connectivity index (χ3v) is 2.39. The molecular weight excluding hydrogens is 194 g/mol. The van der Waals surface area contributed by atoms with E-state index in [2.05, 4.69) is 16.8 Å². The highest BCUT2D eigenvalue weighted by Crippen LogP contribution is 2.14. The van der Waals surface area contributed by atoms with E-state index in [0.29, 0.717) is 11.0 Å². The van der Waals surface area contributed by atoms with Crippen molar-refractivity contribution < 1.29 is 0 Å². The molecule has 2 N–H and O–H groups in total. The number of anilines is 1. The molecule has 3 nitrogen and oxygen atoms in total. The summed E-state index contributed by atoms with van der Waals surface area (Å²) < 4.78 is 0. The number of pyridine rings is 1. The summed E-state index contributed by atoms with van der Waals surface area (Å²) in [5, 5.41) is 0. The Hall–Kier alpha value is -1.16. The van der Waals surface area contributed by atoms with Gasteiger partial charge in [-0.15, -0.1) is 0 Å². The summed E-state index contributed by atoms with van der Waals surface area (Å²) in [6.07, 6.45) is 4.28. The first-order valence-corrected chi connectivity index (χ1v) is 4.93. The molecule has 0 saturated carbocycles. The second-order valence-corrected chi connectivity index (χ2v) is 3.86. The van der Waals surface area contributed by atoms with Crippen molar-refractivity contribution in [3.8, 4) is 0 Å². The lowest BCUT2D eigenvalue weighted by Crippen LogP contribution is -2.32. The van der Waals surface area contributed by atoms with E-state index >= 15 is 0 Å². The predicted octanol–water partition coefficient (Wildman–Crippen LogP) is 1.58. The van der Waals surface area contributed by atoms with Crippen LogP contribution in [0.3, 0.4) is 0 Å². The van der Waals surface area contributed by atoms with Crippen molar-refractivity contribution >= 4 is 22.9 Å². The van der Waals surface area contributed by atoms with Gasteiger partial charge in [0.25, 0.3) is 0 Å². The molecule has 0 spiro atoms. The Morgan fingerprint density at radius 2 is 2.14 bits per heavy atom. The minimum absolute atomic E-state index is 0.315. The molecule has 0 bridgehead atoms. The summed E-state index contributed by atoms with van der Waals surface area (Å²) in [7, 11) is 2.03. The van der Waals surface area contributed by atoms with Crippen molar-refractivity contribution in [1.29, 1.82) is 0 Å². The minimum atomic E-state index is 0.315. The van der Waals surface area contributed by atoms with E-state index in [1.165, 1.54) is 0 Å². The smallest absolute Gasteiger partial charge is 0.0747 e. The maximum Gasteiger partial charge on any atom is 0.0747 e. The van der Waals surface area contributed by atoms with Gasteiger partial charge in [-0.25, -0.2) is 0 Å². The Bertz CT molecular complexity index is 299. The Labute approximate surface area is 89.9 Å². The predicted molar refractivity (Wildman–Crippen MR) is 63.5 cm³/mol. The number of thiocarbonyl (C=S) groups is 1. The topological polar surface area (TPSA) is 42.1 Å². The molecule has 1 heterocycles. The van der Waals surface area contributed by atoms with E-state index in [9.17, 15) is 0 Å². The van der Waals surface area contributed by atoms with Crippen LogP contribution in [0.2, 0.25) is 0 Å². The van der Waals surface area contributed by atoms with E-state index in [4.69, 9.17) is 18.0 Å². The zero-order chi connectivity index (χ0) is 10.6. The molecule has 0 fully saturated rings. The summed E-state index contributed by atoms with van der Waals surface area (Å²) in [6, 6.07) is 4.25. The zero-order valence-corrected chi connectivity index (χ0v) is 9.29. The summed E-state index contributed by atoms with van der Waals surface area (Å²) in [6.45, 7) is 2.10.